The van der Waals surface area contributed by atoms with Gasteiger partial charge in [-0.1, -0.05) is 12.1 Å². The number of ether oxygens (including phenoxy) is 1. The molecular formula is C21H18N4O2. The highest BCUT2D eigenvalue weighted by molar-refractivity contribution is 5.94. The molecule has 134 valence electrons. The number of hydrogen-bond donors (Lipinski definition) is 1. The monoisotopic (exact) mass is 358 g/mol. The Morgan fingerprint density at radius 3 is 2.56 bits per heavy atom. The lowest BCUT2D eigenvalue weighted by Gasteiger charge is -2.08. The Kier molecular flexibility index (Phi) is 4.53. The molecule has 0 atom stereocenters. The van der Waals surface area contributed by atoms with Crippen LogP contribution < -0.4 is 10.1 Å². The number of methoxy groups -OCH3 is 1. The molecule has 0 fully saturated rings. The lowest BCUT2D eigenvalue weighted by molar-refractivity contribution is 0.0951. The average Bonchev–Trinajstić information content (AvgIpc) is 3.16. The van der Waals surface area contributed by atoms with E-state index in [1.165, 1.54) is 0 Å². The van der Waals surface area contributed by atoms with Crippen LogP contribution in [0.25, 0.3) is 16.9 Å². The number of carbonyl (C=O) groups is 1. The Hall–Kier alpha value is -3.67. The van der Waals surface area contributed by atoms with Crippen molar-refractivity contribution in [2.75, 3.05) is 7.11 Å². The molecule has 1 amide bonds. The van der Waals surface area contributed by atoms with E-state index in [0.29, 0.717) is 12.1 Å². The summed E-state index contributed by atoms with van der Waals surface area (Å²) in [5.74, 6) is 0.674. The van der Waals surface area contributed by atoms with Crippen molar-refractivity contribution in [2.45, 2.75) is 6.54 Å². The van der Waals surface area contributed by atoms with Crippen LogP contribution in [-0.2, 0) is 6.54 Å². The molecule has 0 bridgehead atoms. The van der Waals surface area contributed by atoms with Crippen LogP contribution in [0.15, 0.2) is 73.2 Å². The van der Waals surface area contributed by atoms with Gasteiger partial charge in [0.05, 0.1) is 7.11 Å². The number of carbonyl (C=O) groups excluding carboxylic acids is 1. The summed E-state index contributed by atoms with van der Waals surface area (Å²) in [6.07, 6.45) is 3.47. The SMILES string of the molecule is COc1ccc(CNC(=O)c2ccc(-n3cnc4cccnc43)cc2)cc1. The number of nitrogens with zero attached hydrogens (tertiary/aromatic N) is 3. The molecule has 0 unspecified atom stereocenters. The summed E-state index contributed by atoms with van der Waals surface area (Å²) in [5.41, 5.74) is 4.14. The molecule has 0 aliphatic heterocycles. The number of amides is 1. The van der Waals surface area contributed by atoms with Gasteiger partial charge in [0.15, 0.2) is 5.65 Å². The molecule has 1 N–H and O–H groups in total. The molecule has 2 heterocycles. The molecule has 2 aromatic heterocycles. The number of rotatable bonds is 5. The molecule has 6 heteroatoms. The maximum atomic E-state index is 12.4. The number of pyridine rings is 1. The molecule has 0 radical (unpaired) electrons. The second-order valence-corrected chi connectivity index (χ2v) is 6.04. The summed E-state index contributed by atoms with van der Waals surface area (Å²) in [7, 11) is 1.63. The zero-order valence-corrected chi connectivity index (χ0v) is 14.8. The third-order valence-electron chi connectivity index (χ3n) is 4.33. The highest BCUT2D eigenvalue weighted by Crippen LogP contribution is 2.16. The van der Waals surface area contributed by atoms with E-state index in [0.717, 1.165) is 28.2 Å². The molecule has 6 nitrogen and oxygen atoms in total. The number of fused-ring (bicyclic) bond motifs is 1. The fraction of sp³-hybridized carbons (Fsp3) is 0.0952. The normalized spacial score (nSPS) is 10.7. The van der Waals surface area contributed by atoms with Crippen LogP contribution in [0.3, 0.4) is 0 Å². The van der Waals surface area contributed by atoms with Crippen molar-refractivity contribution >= 4 is 17.1 Å². The quantitative estimate of drug-likeness (QED) is 0.594. The molecule has 27 heavy (non-hydrogen) atoms. The first-order valence-corrected chi connectivity index (χ1v) is 8.54. The van der Waals surface area contributed by atoms with E-state index >= 15 is 0 Å². The molecule has 0 aliphatic carbocycles. The summed E-state index contributed by atoms with van der Waals surface area (Å²) in [6, 6.07) is 18.8. The summed E-state index contributed by atoms with van der Waals surface area (Å²) < 4.78 is 7.03. The fourth-order valence-electron chi connectivity index (χ4n) is 2.84. The second-order valence-electron chi connectivity index (χ2n) is 6.04. The molecule has 4 rings (SSSR count). The minimum Gasteiger partial charge on any atom is -0.497 e. The molecular weight excluding hydrogens is 340 g/mol. The van der Waals surface area contributed by atoms with Gasteiger partial charge in [0.1, 0.15) is 17.6 Å². The summed E-state index contributed by atoms with van der Waals surface area (Å²) in [4.78, 5) is 21.1. The number of nitrogens with one attached hydrogen (secondary N) is 1. The molecule has 0 spiro atoms. The van der Waals surface area contributed by atoms with Gasteiger partial charge < -0.3 is 10.1 Å². The topological polar surface area (TPSA) is 69.0 Å². The zero-order chi connectivity index (χ0) is 18.6. The van der Waals surface area contributed by atoms with Crippen LogP contribution in [0.5, 0.6) is 5.75 Å². The Bertz CT molecular complexity index is 1070. The van der Waals surface area contributed by atoms with Gasteiger partial charge in [-0.2, -0.15) is 0 Å². The predicted octanol–water partition coefficient (Wildman–Crippen LogP) is 3.36. The fourth-order valence-corrected chi connectivity index (χ4v) is 2.84. The smallest absolute Gasteiger partial charge is 0.251 e. The van der Waals surface area contributed by atoms with Crippen LogP contribution in [0.4, 0.5) is 0 Å². The van der Waals surface area contributed by atoms with Gasteiger partial charge in [-0.05, 0) is 54.1 Å². The van der Waals surface area contributed by atoms with E-state index in [1.54, 1.807) is 31.8 Å². The van der Waals surface area contributed by atoms with Crippen LogP contribution in [-0.4, -0.2) is 27.6 Å². The summed E-state index contributed by atoms with van der Waals surface area (Å²) in [6.45, 7) is 0.459. The Labute approximate surface area is 156 Å². The second kappa shape index (κ2) is 7.29. The van der Waals surface area contributed by atoms with Crippen molar-refractivity contribution in [1.29, 1.82) is 0 Å². The lowest BCUT2D eigenvalue weighted by atomic mass is 10.1. The molecule has 4 aromatic rings. The maximum Gasteiger partial charge on any atom is 0.251 e. The highest BCUT2D eigenvalue weighted by atomic mass is 16.5. The van der Waals surface area contributed by atoms with E-state index in [-0.39, 0.29) is 5.91 Å². The average molecular weight is 358 g/mol. The molecule has 0 saturated carbocycles. The van der Waals surface area contributed by atoms with E-state index in [2.05, 4.69) is 15.3 Å². The van der Waals surface area contributed by atoms with Gasteiger partial charge in [-0.15, -0.1) is 0 Å². The van der Waals surface area contributed by atoms with Crippen molar-refractivity contribution in [1.82, 2.24) is 19.9 Å². The standard InChI is InChI=1S/C21H18N4O2/c1-27-18-10-4-15(5-11-18)13-23-21(26)16-6-8-17(9-7-16)25-14-24-19-3-2-12-22-20(19)25/h2-12,14H,13H2,1H3,(H,23,26). The van der Waals surface area contributed by atoms with Crippen LogP contribution >= 0.6 is 0 Å². The van der Waals surface area contributed by atoms with Crippen molar-refractivity contribution in [3.63, 3.8) is 0 Å². The lowest BCUT2D eigenvalue weighted by Crippen LogP contribution is -2.22. The first-order chi connectivity index (χ1) is 13.2. The van der Waals surface area contributed by atoms with E-state index < -0.39 is 0 Å². The van der Waals surface area contributed by atoms with Crippen molar-refractivity contribution < 1.29 is 9.53 Å². The summed E-state index contributed by atoms with van der Waals surface area (Å²) in [5, 5.41) is 2.93. The van der Waals surface area contributed by atoms with Gasteiger partial charge in [0, 0.05) is 24.0 Å². The number of benzene rings is 2. The molecule has 2 aromatic carbocycles. The molecule has 0 aliphatic rings. The van der Waals surface area contributed by atoms with Crippen molar-refractivity contribution in [3.05, 3.63) is 84.3 Å². The van der Waals surface area contributed by atoms with Crippen LogP contribution in [0.1, 0.15) is 15.9 Å². The highest BCUT2D eigenvalue weighted by Gasteiger charge is 2.08. The zero-order valence-electron chi connectivity index (χ0n) is 14.8. The minimum atomic E-state index is -0.119. The van der Waals surface area contributed by atoms with Gasteiger partial charge in [-0.25, -0.2) is 9.97 Å². The van der Waals surface area contributed by atoms with E-state index in [1.807, 2.05) is 53.1 Å². The Morgan fingerprint density at radius 1 is 1.04 bits per heavy atom. The Morgan fingerprint density at radius 2 is 1.81 bits per heavy atom. The maximum absolute atomic E-state index is 12.4. The number of hydrogen-bond acceptors (Lipinski definition) is 4. The summed E-state index contributed by atoms with van der Waals surface area (Å²) >= 11 is 0. The van der Waals surface area contributed by atoms with Crippen LogP contribution in [0.2, 0.25) is 0 Å². The largest absolute Gasteiger partial charge is 0.497 e. The van der Waals surface area contributed by atoms with Crippen LogP contribution in [0, 0.1) is 0 Å². The minimum absolute atomic E-state index is 0.119. The van der Waals surface area contributed by atoms with Gasteiger partial charge in [-0.3, -0.25) is 9.36 Å². The third-order valence-corrected chi connectivity index (χ3v) is 4.33. The first-order valence-electron chi connectivity index (χ1n) is 8.54. The van der Waals surface area contributed by atoms with Gasteiger partial charge in [0.2, 0.25) is 0 Å². The number of aromatic nitrogens is 3. The van der Waals surface area contributed by atoms with Gasteiger partial charge >= 0.3 is 0 Å². The van der Waals surface area contributed by atoms with E-state index in [9.17, 15) is 4.79 Å². The number of imidazole rings is 1. The van der Waals surface area contributed by atoms with Crippen molar-refractivity contribution in [3.8, 4) is 11.4 Å². The Balaban J connectivity index is 1.45. The predicted molar refractivity (Wildman–Crippen MR) is 103 cm³/mol. The first kappa shape index (κ1) is 16.8. The third kappa shape index (κ3) is 3.50. The van der Waals surface area contributed by atoms with E-state index in [4.69, 9.17) is 4.74 Å². The van der Waals surface area contributed by atoms with Gasteiger partial charge in [0.25, 0.3) is 5.91 Å². The van der Waals surface area contributed by atoms with Crippen molar-refractivity contribution in [2.24, 2.45) is 0 Å². The molecule has 0 saturated heterocycles.